The minimum atomic E-state index is -0.234. The molecule has 0 bridgehead atoms. The first-order valence-corrected chi connectivity index (χ1v) is 7.64. The van der Waals surface area contributed by atoms with E-state index in [1.807, 2.05) is 62.4 Å². The van der Waals surface area contributed by atoms with Crippen molar-refractivity contribution in [1.82, 2.24) is 9.97 Å². The molecule has 1 amide bonds. The lowest BCUT2D eigenvalue weighted by Crippen LogP contribution is -2.13. The highest BCUT2D eigenvalue weighted by Gasteiger charge is 2.08. The third-order valence-electron chi connectivity index (χ3n) is 3.50. The quantitative estimate of drug-likeness (QED) is 0.760. The van der Waals surface area contributed by atoms with Crippen molar-refractivity contribution in [2.75, 3.05) is 10.6 Å². The van der Waals surface area contributed by atoms with Crippen molar-refractivity contribution in [3.8, 4) is 0 Å². The Bertz CT molecular complexity index is 842. The van der Waals surface area contributed by atoms with Crippen LogP contribution < -0.4 is 10.6 Å². The number of hydrogen-bond acceptors (Lipinski definition) is 4. The maximum atomic E-state index is 12.2. The predicted octanol–water partition coefficient (Wildman–Crippen LogP) is 4.09. The molecule has 0 spiro atoms. The molecule has 3 rings (SSSR count). The third-order valence-corrected chi connectivity index (χ3v) is 3.50. The lowest BCUT2D eigenvalue weighted by Gasteiger charge is -2.07. The summed E-state index contributed by atoms with van der Waals surface area (Å²) in [7, 11) is 0. The van der Waals surface area contributed by atoms with Crippen molar-refractivity contribution in [1.29, 1.82) is 0 Å². The lowest BCUT2D eigenvalue weighted by molar-refractivity contribution is 0.102. The Labute approximate surface area is 140 Å². The van der Waals surface area contributed by atoms with E-state index in [1.165, 1.54) is 18.0 Å². The molecule has 1 aromatic heterocycles. The van der Waals surface area contributed by atoms with E-state index in [0.29, 0.717) is 11.5 Å². The maximum absolute atomic E-state index is 12.2. The van der Waals surface area contributed by atoms with Crippen LogP contribution in [-0.2, 0) is 0 Å². The van der Waals surface area contributed by atoms with Gasteiger partial charge in [0.2, 0.25) is 5.95 Å². The Hall–Kier alpha value is -3.21. The molecular formula is C19H18N4O. The minimum absolute atomic E-state index is 0.234. The van der Waals surface area contributed by atoms with Crippen LogP contribution >= 0.6 is 0 Å². The van der Waals surface area contributed by atoms with Crippen molar-refractivity contribution in [2.45, 2.75) is 13.8 Å². The first-order chi connectivity index (χ1) is 11.6. The van der Waals surface area contributed by atoms with Crippen molar-refractivity contribution in [3.63, 3.8) is 0 Å². The first kappa shape index (κ1) is 15.7. The Balaban J connectivity index is 1.67. The standard InChI is InChI=1S/C19H18N4O/c1-13-6-8-16(9-7-13)23-19-20-11-15(12-21-19)18(24)22-17-5-3-4-14(2)10-17/h3-12H,1-2H3,(H,22,24)(H,20,21,23). The van der Waals surface area contributed by atoms with E-state index < -0.39 is 0 Å². The fourth-order valence-corrected chi connectivity index (χ4v) is 2.20. The molecule has 0 saturated heterocycles. The summed E-state index contributed by atoms with van der Waals surface area (Å²) in [6.45, 7) is 4.01. The average Bonchev–Trinajstić information content (AvgIpc) is 2.57. The molecule has 0 unspecified atom stereocenters. The number of nitrogens with one attached hydrogen (secondary N) is 2. The van der Waals surface area contributed by atoms with Crippen LogP contribution in [0.2, 0.25) is 0 Å². The average molecular weight is 318 g/mol. The highest BCUT2D eigenvalue weighted by atomic mass is 16.1. The van der Waals surface area contributed by atoms with Crippen LogP contribution in [0, 0.1) is 13.8 Å². The van der Waals surface area contributed by atoms with Gasteiger partial charge in [-0.3, -0.25) is 4.79 Å². The van der Waals surface area contributed by atoms with E-state index in [-0.39, 0.29) is 5.91 Å². The first-order valence-electron chi connectivity index (χ1n) is 7.64. The Morgan fingerprint density at radius 2 is 1.58 bits per heavy atom. The summed E-state index contributed by atoms with van der Waals surface area (Å²) in [5.41, 5.74) is 4.33. The van der Waals surface area contributed by atoms with Gasteiger partial charge in [0.1, 0.15) is 0 Å². The molecule has 3 aromatic rings. The molecule has 5 heteroatoms. The fourth-order valence-electron chi connectivity index (χ4n) is 2.20. The summed E-state index contributed by atoms with van der Waals surface area (Å²) in [5, 5.41) is 5.94. The van der Waals surface area contributed by atoms with Gasteiger partial charge in [-0.15, -0.1) is 0 Å². The molecule has 2 N–H and O–H groups in total. The number of carbonyl (C=O) groups is 1. The Morgan fingerprint density at radius 1 is 0.875 bits per heavy atom. The van der Waals surface area contributed by atoms with Gasteiger partial charge in [0.15, 0.2) is 0 Å². The van der Waals surface area contributed by atoms with E-state index in [1.54, 1.807) is 0 Å². The van der Waals surface area contributed by atoms with Crippen molar-refractivity contribution in [3.05, 3.63) is 77.6 Å². The highest BCUT2D eigenvalue weighted by Crippen LogP contribution is 2.14. The number of hydrogen-bond donors (Lipinski definition) is 2. The second-order valence-corrected chi connectivity index (χ2v) is 5.61. The Kier molecular flexibility index (Phi) is 4.52. The molecule has 0 saturated carbocycles. The van der Waals surface area contributed by atoms with Gasteiger partial charge in [-0.1, -0.05) is 29.8 Å². The predicted molar refractivity (Wildman–Crippen MR) is 95.6 cm³/mol. The van der Waals surface area contributed by atoms with Crippen LogP contribution in [0.3, 0.4) is 0 Å². The molecule has 0 fully saturated rings. The highest BCUT2D eigenvalue weighted by molar-refractivity contribution is 6.03. The number of anilines is 3. The largest absolute Gasteiger partial charge is 0.324 e. The zero-order valence-corrected chi connectivity index (χ0v) is 13.6. The Morgan fingerprint density at radius 3 is 2.25 bits per heavy atom. The summed E-state index contributed by atoms with van der Waals surface area (Å²) in [6, 6.07) is 15.6. The number of rotatable bonds is 4. The molecular weight excluding hydrogens is 300 g/mol. The van der Waals surface area contributed by atoms with E-state index in [4.69, 9.17) is 0 Å². The van der Waals surface area contributed by atoms with Crippen LogP contribution in [0.4, 0.5) is 17.3 Å². The number of aryl methyl sites for hydroxylation is 2. The fraction of sp³-hybridized carbons (Fsp3) is 0.105. The van der Waals surface area contributed by atoms with Gasteiger partial charge in [-0.2, -0.15) is 0 Å². The van der Waals surface area contributed by atoms with Crippen molar-refractivity contribution >= 4 is 23.2 Å². The molecule has 0 aliphatic heterocycles. The van der Waals surface area contributed by atoms with E-state index in [0.717, 1.165) is 16.9 Å². The van der Waals surface area contributed by atoms with Crippen LogP contribution in [0.25, 0.3) is 0 Å². The summed E-state index contributed by atoms with van der Waals surface area (Å²) < 4.78 is 0. The second-order valence-electron chi connectivity index (χ2n) is 5.61. The summed E-state index contributed by atoms with van der Waals surface area (Å²) in [6.07, 6.45) is 3.02. The van der Waals surface area contributed by atoms with Gasteiger partial charge in [-0.05, 0) is 43.7 Å². The zero-order chi connectivity index (χ0) is 16.9. The van der Waals surface area contributed by atoms with Crippen molar-refractivity contribution in [2.24, 2.45) is 0 Å². The number of nitrogens with zero attached hydrogens (tertiary/aromatic N) is 2. The van der Waals surface area contributed by atoms with Gasteiger partial charge in [0, 0.05) is 23.8 Å². The molecule has 120 valence electrons. The normalized spacial score (nSPS) is 10.2. The number of amides is 1. The van der Waals surface area contributed by atoms with Gasteiger partial charge in [0.25, 0.3) is 5.91 Å². The third kappa shape index (κ3) is 3.95. The van der Waals surface area contributed by atoms with Crippen LogP contribution in [0.15, 0.2) is 60.9 Å². The SMILES string of the molecule is Cc1ccc(Nc2ncc(C(=O)Nc3cccc(C)c3)cn2)cc1. The monoisotopic (exact) mass is 318 g/mol. The van der Waals surface area contributed by atoms with E-state index in [9.17, 15) is 4.79 Å². The topological polar surface area (TPSA) is 66.9 Å². The van der Waals surface area contributed by atoms with Gasteiger partial charge < -0.3 is 10.6 Å². The smallest absolute Gasteiger partial charge is 0.258 e. The number of carbonyl (C=O) groups excluding carboxylic acids is 1. The molecule has 0 atom stereocenters. The van der Waals surface area contributed by atoms with Crippen LogP contribution in [0.5, 0.6) is 0 Å². The van der Waals surface area contributed by atoms with Crippen LogP contribution in [0.1, 0.15) is 21.5 Å². The second kappa shape index (κ2) is 6.91. The zero-order valence-electron chi connectivity index (χ0n) is 13.6. The minimum Gasteiger partial charge on any atom is -0.324 e. The van der Waals surface area contributed by atoms with Gasteiger partial charge in [0.05, 0.1) is 5.56 Å². The molecule has 2 aromatic carbocycles. The molecule has 5 nitrogen and oxygen atoms in total. The molecule has 1 heterocycles. The lowest BCUT2D eigenvalue weighted by atomic mass is 10.2. The molecule has 0 aliphatic rings. The van der Waals surface area contributed by atoms with Gasteiger partial charge >= 0.3 is 0 Å². The van der Waals surface area contributed by atoms with E-state index in [2.05, 4.69) is 20.6 Å². The summed E-state index contributed by atoms with van der Waals surface area (Å²) in [4.78, 5) is 20.6. The molecule has 0 aliphatic carbocycles. The molecule has 24 heavy (non-hydrogen) atoms. The maximum Gasteiger partial charge on any atom is 0.258 e. The number of aromatic nitrogens is 2. The van der Waals surface area contributed by atoms with Crippen LogP contribution in [-0.4, -0.2) is 15.9 Å². The molecule has 0 radical (unpaired) electrons. The summed E-state index contributed by atoms with van der Waals surface area (Å²) >= 11 is 0. The van der Waals surface area contributed by atoms with Gasteiger partial charge in [-0.25, -0.2) is 9.97 Å². The van der Waals surface area contributed by atoms with Crippen molar-refractivity contribution < 1.29 is 4.79 Å². The summed E-state index contributed by atoms with van der Waals surface area (Å²) in [5.74, 6) is 0.216. The van der Waals surface area contributed by atoms with E-state index >= 15 is 0 Å². The number of benzene rings is 2.